The molecule has 0 aliphatic rings. The number of halogens is 2. The highest BCUT2D eigenvalue weighted by molar-refractivity contribution is 6.42. The average Bonchev–Trinajstić information content (AvgIpc) is 2.75. The maximum Gasteiger partial charge on any atom is 0.256 e. The number of pyridine rings is 1. The molecule has 0 atom stereocenters. The van der Waals surface area contributed by atoms with Gasteiger partial charge in [0.05, 0.1) is 26.8 Å². The second-order valence-corrected chi connectivity index (χ2v) is 7.61. The summed E-state index contributed by atoms with van der Waals surface area (Å²) < 4.78 is 0. The molecule has 1 N–H and O–H groups in total. The summed E-state index contributed by atoms with van der Waals surface area (Å²) in [6.45, 7) is 1.49. The van der Waals surface area contributed by atoms with Crippen LogP contribution in [0.3, 0.4) is 0 Å². The zero-order valence-corrected chi connectivity index (χ0v) is 17.5. The van der Waals surface area contributed by atoms with E-state index in [1.807, 2.05) is 30.3 Å². The number of carbonyl (C=O) groups is 2. The second-order valence-electron chi connectivity index (χ2n) is 6.79. The topological polar surface area (TPSA) is 59.1 Å². The predicted molar refractivity (Wildman–Crippen MR) is 122 cm³/mol. The van der Waals surface area contributed by atoms with Crippen LogP contribution < -0.4 is 5.32 Å². The van der Waals surface area contributed by atoms with Gasteiger partial charge in [-0.25, -0.2) is 4.98 Å². The van der Waals surface area contributed by atoms with Crippen molar-refractivity contribution in [2.75, 3.05) is 5.32 Å². The first-order valence-electron chi connectivity index (χ1n) is 9.20. The van der Waals surface area contributed by atoms with Gasteiger partial charge < -0.3 is 5.32 Å². The van der Waals surface area contributed by atoms with Crippen LogP contribution in [0.5, 0.6) is 0 Å². The van der Waals surface area contributed by atoms with Gasteiger partial charge in [-0.1, -0.05) is 59.6 Å². The van der Waals surface area contributed by atoms with E-state index in [1.165, 1.54) is 6.92 Å². The SMILES string of the molecule is CC(=O)c1cccc(NC(=O)c2cc(-c3ccc(Cl)c(Cl)c3)nc3ccccc23)c1. The number of carbonyl (C=O) groups excluding carboxylic acids is 2. The molecule has 0 saturated heterocycles. The molecule has 0 saturated carbocycles. The quantitative estimate of drug-likeness (QED) is 0.365. The molecule has 30 heavy (non-hydrogen) atoms. The van der Waals surface area contributed by atoms with Gasteiger partial charge in [-0.3, -0.25) is 9.59 Å². The summed E-state index contributed by atoms with van der Waals surface area (Å²) in [6, 6.07) is 21.2. The number of hydrogen-bond donors (Lipinski definition) is 1. The molecule has 0 bridgehead atoms. The van der Waals surface area contributed by atoms with E-state index in [-0.39, 0.29) is 11.7 Å². The van der Waals surface area contributed by atoms with Crippen LogP contribution in [0.2, 0.25) is 10.0 Å². The van der Waals surface area contributed by atoms with E-state index in [4.69, 9.17) is 23.2 Å². The first kappa shape index (κ1) is 20.1. The maximum atomic E-state index is 13.1. The van der Waals surface area contributed by atoms with Crippen LogP contribution in [0.1, 0.15) is 27.6 Å². The van der Waals surface area contributed by atoms with Crippen molar-refractivity contribution in [3.05, 3.63) is 94.0 Å². The van der Waals surface area contributed by atoms with Crippen LogP contribution in [0.4, 0.5) is 5.69 Å². The smallest absolute Gasteiger partial charge is 0.256 e. The Bertz CT molecular complexity index is 1300. The molecule has 6 heteroatoms. The highest BCUT2D eigenvalue weighted by Crippen LogP contribution is 2.30. The summed E-state index contributed by atoms with van der Waals surface area (Å²) >= 11 is 12.2. The van der Waals surface area contributed by atoms with Gasteiger partial charge in [0.2, 0.25) is 0 Å². The largest absolute Gasteiger partial charge is 0.322 e. The average molecular weight is 435 g/mol. The lowest BCUT2D eigenvalue weighted by molar-refractivity contribution is 0.101. The molecular formula is C24H16Cl2N2O2. The molecule has 0 aliphatic carbocycles. The van der Waals surface area contributed by atoms with E-state index in [1.54, 1.807) is 42.5 Å². The third-order valence-corrected chi connectivity index (χ3v) is 5.44. The van der Waals surface area contributed by atoms with Crippen LogP contribution >= 0.6 is 23.2 Å². The van der Waals surface area contributed by atoms with Crippen LogP contribution in [0, 0.1) is 0 Å². The first-order chi connectivity index (χ1) is 14.4. The highest BCUT2D eigenvalue weighted by Gasteiger charge is 2.15. The van der Waals surface area contributed by atoms with Gasteiger partial charge in [-0.15, -0.1) is 0 Å². The molecule has 1 aromatic heterocycles. The molecule has 4 nitrogen and oxygen atoms in total. The van der Waals surface area contributed by atoms with Gasteiger partial charge in [0, 0.05) is 22.2 Å². The number of para-hydroxylation sites is 1. The van der Waals surface area contributed by atoms with E-state index in [2.05, 4.69) is 10.3 Å². The van der Waals surface area contributed by atoms with Crippen molar-refractivity contribution in [2.24, 2.45) is 0 Å². The molecule has 4 rings (SSSR count). The number of nitrogens with zero attached hydrogens (tertiary/aromatic N) is 1. The van der Waals surface area contributed by atoms with Crippen molar-refractivity contribution in [3.63, 3.8) is 0 Å². The van der Waals surface area contributed by atoms with Crippen LogP contribution in [0.25, 0.3) is 22.2 Å². The van der Waals surface area contributed by atoms with Gasteiger partial charge >= 0.3 is 0 Å². The van der Waals surface area contributed by atoms with Gasteiger partial charge in [-0.2, -0.15) is 0 Å². The fourth-order valence-corrected chi connectivity index (χ4v) is 3.48. The van der Waals surface area contributed by atoms with Crippen LogP contribution in [0.15, 0.2) is 72.8 Å². The second kappa shape index (κ2) is 8.27. The molecule has 0 aliphatic heterocycles. The van der Waals surface area contributed by atoms with Gasteiger partial charge in [-0.05, 0) is 43.3 Å². The van der Waals surface area contributed by atoms with Gasteiger partial charge in [0.1, 0.15) is 0 Å². The molecule has 0 radical (unpaired) electrons. The lowest BCUT2D eigenvalue weighted by atomic mass is 10.0. The fourth-order valence-electron chi connectivity index (χ4n) is 3.18. The summed E-state index contributed by atoms with van der Waals surface area (Å²) in [5.41, 5.74) is 3.59. The maximum absolute atomic E-state index is 13.1. The minimum absolute atomic E-state index is 0.0673. The third-order valence-electron chi connectivity index (χ3n) is 4.70. The molecule has 3 aromatic carbocycles. The number of Topliss-reactive ketones (excluding diaryl/α,β-unsaturated/α-hetero) is 1. The van der Waals surface area contributed by atoms with E-state index in [9.17, 15) is 9.59 Å². The Hall–Kier alpha value is -3.21. The number of aromatic nitrogens is 1. The lowest BCUT2D eigenvalue weighted by Crippen LogP contribution is -2.13. The molecule has 1 heterocycles. The predicted octanol–water partition coefficient (Wildman–Crippen LogP) is 6.66. The zero-order chi connectivity index (χ0) is 21.3. The Morgan fingerprint density at radius 2 is 1.67 bits per heavy atom. The summed E-state index contributed by atoms with van der Waals surface area (Å²) in [5.74, 6) is -0.363. The molecular weight excluding hydrogens is 419 g/mol. The number of hydrogen-bond acceptors (Lipinski definition) is 3. The Morgan fingerprint density at radius 1 is 0.867 bits per heavy atom. The third kappa shape index (κ3) is 4.06. The van der Waals surface area contributed by atoms with Gasteiger partial charge in [0.25, 0.3) is 5.91 Å². The van der Waals surface area contributed by atoms with Crippen LogP contribution in [-0.2, 0) is 0 Å². The minimum Gasteiger partial charge on any atom is -0.322 e. The number of amides is 1. The minimum atomic E-state index is -0.296. The van der Waals surface area contributed by atoms with Crippen molar-refractivity contribution in [1.82, 2.24) is 4.98 Å². The van der Waals surface area contributed by atoms with Crippen molar-refractivity contribution in [3.8, 4) is 11.3 Å². The molecule has 148 valence electrons. The monoisotopic (exact) mass is 434 g/mol. The normalized spacial score (nSPS) is 10.8. The Labute approximate surface area is 183 Å². The Balaban J connectivity index is 1.79. The van der Waals surface area contributed by atoms with Crippen molar-refractivity contribution >= 4 is 51.5 Å². The summed E-state index contributed by atoms with van der Waals surface area (Å²) in [5, 5.41) is 4.46. The molecule has 4 aromatic rings. The van der Waals surface area contributed by atoms with Gasteiger partial charge in [0.15, 0.2) is 5.78 Å². The molecule has 1 amide bonds. The zero-order valence-electron chi connectivity index (χ0n) is 15.9. The number of rotatable bonds is 4. The van der Waals surface area contributed by atoms with Crippen molar-refractivity contribution in [1.29, 1.82) is 0 Å². The lowest BCUT2D eigenvalue weighted by Gasteiger charge is -2.11. The number of fused-ring (bicyclic) bond motifs is 1. The number of nitrogens with one attached hydrogen (secondary N) is 1. The number of ketones is 1. The summed E-state index contributed by atoms with van der Waals surface area (Å²) in [7, 11) is 0. The first-order valence-corrected chi connectivity index (χ1v) is 9.95. The standard InChI is InChI=1S/C24H16Cl2N2O2/c1-14(29)15-5-4-6-17(11-15)27-24(30)19-13-23(16-9-10-20(25)21(26)12-16)28-22-8-3-2-7-18(19)22/h2-13H,1H3,(H,27,30). The van der Waals surface area contributed by atoms with E-state index in [0.29, 0.717) is 38.1 Å². The van der Waals surface area contributed by atoms with Crippen LogP contribution in [-0.4, -0.2) is 16.7 Å². The highest BCUT2D eigenvalue weighted by atomic mass is 35.5. The fraction of sp³-hybridized carbons (Fsp3) is 0.0417. The molecule has 0 unspecified atom stereocenters. The van der Waals surface area contributed by atoms with E-state index >= 15 is 0 Å². The molecule has 0 spiro atoms. The van der Waals surface area contributed by atoms with Crippen molar-refractivity contribution in [2.45, 2.75) is 6.92 Å². The summed E-state index contributed by atoms with van der Waals surface area (Å²) in [6.07, 6.45) is 0. The Kier molecular flexibility index (Phi) is 5.53. The molecule has 0 fully saturated rings. The Morgan fingerprint density at radius 3 is 2.43 bits per heavy atom. The number of anilines is 1. The van der Waals surface area contributed by atoms with E-state index in [0.717, 1.165) is 10.9 Å². The summed E-state index contributed by atoms with van der Waals surface area (Å²) in [4.78, 5) is 29.5. The number of benzene rings is 3. The van der Waals surface area contributed by atoms with E-state index < -0.39 is 0 Å². The van der Waals surface area contributed by atoms with Crippen molar-refractivity contribution < 1.29 is 9.59 Å².